The third kappa shape index (κ3) is 3.33. The Morgan fingerprint density at radius 1 is 1.28 bits per heavy atom. The average Bonchev–Trinajstić information content (AvgIpc) is 2.36. The maximum Gasteiger partial charge on any atom is 0.0534 e. The summed E-state index contributed by atoms with van der Waals surface area (Å²) in [7, 11) is 0. The number of benzene rings is 1. The van der Waals surface area contributed by atoms with Gasteiger partial charge in [0.15, 0.2) is 0 Å². The Morgan fingerprint density at radius 3 is 2.78 bits per heavy atom. The molecule has 0 spiro atoms. The zero-order valence-electron chi connectivity index (χ0n) is 10.7. The van der Waals surface area contributed by atoms with E-state index in [0.717, 1.165) is 16.6 Å². The molecule has 0 fully saturated rings. The van der Waals surface area contributed by atoms with Crippen LogP contribution >= 0.6 is 15.9 Å². The molecule has 18 heavy (non-hydrogen) atoms. The fourth-order valence-electron chi connectivity index (χ4n) is 1.98. The predicted octanol–water partition coefficient (Wildman–Crippen LogP) is 4.72. The number of halogens is 1. The van der Waals surface area contributed by atoms with Gasteiger partial charge in [0.1, 0.15) is 0 Å². The highest BCUT2D eigenvalue weighted by molar-refractivity contribution is 9.10. The Hall–Kier alpha value is -1.35. The topological polar surface area (TPSA) is 24.9 Å². The lowest BCUT2D eigenvalue weighted by Gasteiger charge is -2.19. The van der Waals surface area contributed by atoms with Crippen LogP contribution in [0.5, 0.6) is 0 Å². The van der Waals surface area contributed by atoms with E-state index in [9.17, 15) is 0 Å². The van der Waals surface area contributed by atoms with Crippen LogP contribution in [0.2, 0.25) is 0 Å². The van der Waals surface area contributed by atoms with Crippen LogP contribution in [0.1, 0.15) is 30.5 Å². The average molecular weight is 305 g/mol. The fraction of sp³-hybridized carbons (Fsp3) is 0.267. The van der Waals surface area contributed by atoms with Crippen molar-refractivity contribution in [3.05, 3.63) is 58.3 Å². The van der Waals surface area contributed by atoms with Crippen LogP contribution in [0, 0.1) is 6.92 Å². The molecule has 1 unspecified atom stereocenters. The Morgan fingerprint density at radius 2 is 2.11 bits per heavy atom. The van der Waals surface area contributed by atoms with Crippen molar-refractivity contribution in [1.82, 2.24) is 4.98 Å². The van der Waals surface area contributed by atoms with Gasteiger partial charge in [0, 0.05) is 16.9 Å². The second-order valence-electron chi connectivity index (χ2n) is 4.41. The summed E-state index contributed by atoms with van der Waals surface area (Å²) in [6.45, 7) is 4.24. The van der Waals surface area contributed by atoms with Gasteiger partial charge in [0.2, 0.25) is 0 Å². The summed E-state index contributed by atoms with van der Waals surface area (Å²) in [5.74, 6) is 0. The van der Waals surface area contributed by atoms with E-state index in [1.807, 2.05) is 18.5 Å². The second kappa shape index (κ2) is 6.01. The first-order chi connectivity index (χ1) is 8.69. The van der Waals surface area contributed by atoms with Crippen molar-refractivity contribution in [3.8, 4) is 0 Å². The molecule has 0 aliphatic rings. The van der Waals surface area contributed by atoms with Gasteiger partial charge in [-0.2, -0.15) is 0 Å². The Kier molecular flexibility index (Phi) is 4.37. The van der Waals surface area contributed by atoms with Crippen molar-refractivity contribution < 1.29 is 0 Å². The Labute approximate surface area is 117 Å². The van der Waals surface area contributed by atoms with Crippen molar-refractivity contribution in [3.63, 3.8) is 0 Å². The molecule has 0 saturated heterocycles. The summed E-state index contributed by atoms with van der Waals surface area (Å²) < 4.78 is 1.11. The predicted molar refractivity (Wildman–Crippen MR) is 79.8 cm³/mol. The number of hydrogen-bond acceptors (Lipinski definition) is 2. The molecule has 0 aliphatic heterocycles. The molecule has 94 valence electrons. The van der Waals surface area contributed by atoms with Crippen LogP contribution in [0.15, 0.2) is 47.2 Å². The van der Waals surface area contributed by atoms with Crippen molar-refractivity contribution in [2.75, 3.05) is 5.32 Å². The van der Waals surface area contributed by atoms with Crippen molar-refractivity contribution in [1.29, 1.82) is 0 Å². The molecule has 1 heterocycles. The number of anilines is 1. The molecule has 0 saturated carbocycles. The van der Waals surface area contributed by atoms with Crippen LogP contribution in [0.4, 0.5) is 5.69 Å². The molecule has 3 heteroatoms. The van der Waals surface area contributed by atoms with Crippen LogP contribution in [0.25, 0.3) is 0 Å². The fourth-order valence-corrected chi connectivity index (χ4v) is 2.40. The first kappa shape index (κ1) is 13.1. The Bertz CT molecular complexity index is 525. The molecular weight excluding hydrogens is 288 g/mol. The molecule has 0 radical (unpaired) electrons. The van der Waals surface area contributed by atoms with Crippen LogP contribution in [-0.2, 0) is 0 Å². The maximum atomic E-state index is 4.21. The van der Waals surface area contributed by atoms with E-state index in [1.165, 1.54) is 11.1 Å². The Balaban J connectivity index is 2.19. The zero-order chi connectivity index (χ0) is 13.0. The summed E-state index contributed by atoms with van der Waals surface area (Å²) in [4.78, 5) is 4.21. The summed E-state index contributed by atoms with van der Waals surface area (Å²) in [6.07, 6.45) is 4.77. The molecule has 0 bridgehead atoms. The molecule has 1 aromatic carbocycles. The van der Waals surface area contributed by atoms with Crippen molar-refractivity contribution in [2.24, 2.45) is 0 Å². The van der Waals surface area contributed by atoms with Gasteiger partial charge in [-0.05, 0) is 42.7 Å². The maximum absolute atomic E-state index is 4.21. The number of aryl methyl sites for hydroxylation is 1. The van der Waals surface area contributed by atoms with Gasteiger partial charge in [0.05, 0.1) is 11.7 Å². The van der Waals surface area contributed by atoms with E-state index in [2.05, 4.69) is 64.3 Å². The number of pyridine rings is 1. The van der Waals surface area contributed by atoms with Gasteiger partial charge in [0.25, 0.3) is 0 Å². The quantitative estimate of drug-likeness (QED) is 0.884. The molecule has 2 aromatic rings. The summed E-state index contributed by atoms with van der Waals surface area (Å²) in [6, 6.07) is 10.8. The van der Waals surface area contributed by atoms with Gasteiger partial charge in [-0.3, -0.25) is 4.98 Å². The van der Waals surface area contributed by atoms with Gasteiger partial charge < -0.3 is 5.32 Å². The van der Waals surface area contributed by atoms with Gasteiger partial charge >= 0.3 is 0 Å². The number of aromatic nitrogens is 1. The highest BCUT2D eigenvalue weighted by Gasteiger charge is 2.09. The van der Waals surface area contributed by atoms with Crippen LogP contribution in [0.3, 0.4) is 0 Å². The molecule has 0 amide bonds. The normalized spacial score (nSPS) is 12.2. The van der Waals surface area contributed by atoms with Gasteiger partial charge in [-0.1, -0.05) is 35.0 Å². The number of rotatable bonds is 4. The molecule has 1 atom stereocenters. The molecule has 1 N–H and O–H groups in total. The van der Waals surface area contributed by atoms with E-state index in [4.69, 9.17) is 0 Å². The summed E-state index contributed by atoms with van der Waals surface area (Å²) in [5.41, 5.74) is 3.53. The first-order valence-corrected chi connectivity index (χ1v) is 6.92. The van der Waals surface area contributed by atoms with Gasteiger partial charge in [-0.25, -0.2) is 0 Å². The largest absolute Gasteiger partial charge is 0.377 e. The minimum Gasteiger partial charge on any atom is -0.377 e. The third-order valence-corrected chi connectivity index (χ3v) is 3.37. The summed E-state index contributed by atoms with van der Waals surface area (Å²) in [5, 5.41) is 3.53. The second-order valence-corrected chi connectivity index (χ2v) is 5.33. The minimum absolute atomic E-state index is 0.311. The smallest absolute Gasteiger partial charge is 0.0534 e. The van der Waals surface area contributed by atoms with E-state index < -0.39 is 0 Å². The third-order valence-electron chi connectivity index (χ3n) is 2.88. The number of nitrogens with one attached hydrogen (secondary N) is 1. The van der Waals surface area contributed by atoms with Crippen LogP contribution in [-0.4, -0.2) is 4.98 Å². The molecule has 0 aliphatic carbocycles. The molecule has 2 nitrogen and oxygen atoms in total. The lowest BCUT2D eigenvalue weighted by molar-refractivity contribution is 0.748. The highest BCUT2D eigenvalue weighted by atomic mass is 79.9. The standard InChI is InChI=1S/C15H17BrN2/c1-3-15(12-5-4-6-13(16)8-12)18-14-7-11(2)9-17-10-14/h4-10,15,18H,3H2,1-2H3. The van der Waals surface area contributed by atoms with E-state index in [-0.39, 0.29) is 0 Å². The van der Waals surface area contributed by atoms with E-state index in [0.29, 0.717) is 6.04 Å². The highest BCUT2D eigenvalue weighted by Crippen LogP contribution is 2.24. The molecule has 1 aromatic heterocycles. The van der Waals surface area contributed by atoms with Crippen molar-refractivity contribution in [2.45, 2.75) is 26.3 Å². The molecular formula is C15H17BrN2. The first-order valence-electron chi connectivity index (χ1n) is 6.12. The number of nitrogens with zero attached hydrogens (tertiary/aromatic N) is 1. The lowest BCUT2D eigenvalue weighted by atomic mass is 10.0. The van der Waals surface area contributed by atoms with Crippen molar-refractivity contribution >= 4 is 21.6 Å². The summed E-state index contributed by atoms with van der Waals surface area (Å²) >= 11 is 3.52. The van der Waals surface area contributed by atoms with E-state index in [1.54, 1.807) is 0 Å². The van der Waals surface area contributed by atoms with Gasteiger partial charge in [-0.15, -0.1) is 0 Å². The monoisotopic (exact) mass is 304 g/mol. The minimum atomic E-state index is 0.311. The van der Waals surface area contributed by atoms with E-state index >= 15 is 0 Å². The zero-order valence-corrected chi connectivity index (χ0v) is 12.2. The lowest BCUT2D eigenvalue weighted by Crippen LogP contribution is -2.09. The molecule has 2 rings (SSSR count). The SMILES string of the molecule is CCC(Nc1cncc(C)c1)c1cccc(Br)c1. The van der Waals surface area contributed by atoms with Crippen LogP contribution < -0.4 is 5.32 Å². The number of hydrogen-bond donors (Lipinski definition) is 1.